The fourth-order valence-electron chi connectivity index (χ4n) is 1.87. The fourth-order valence-corrected chi connectivity index (χ4v) is 2.75. The van der Waals surface area contributed by atoms with Crippen LogP contribution in [0.4, 0.5) is 0 Å². The zero-order valence-corrected chi connectivity index (χ0v) is 10.7. The Bertz CT molecular complexity index is 458. The lowest BCUT2D eigenvalue weighted by Gasteiger charge is -2.14. The van der Waals surface area contributed by atoms with Crippen molar-refractivity contribution in [2.24, 2.45) is 0 Å². The molecule has 0 spiro atoms. The molecular formula is C12H17N3S. The Morgan fingerprint density at radius 1 is 1.50 bits per heavy atom. The molecule has 86 valence electrons. The summed E-state index contributed by atoms with van der Waals surface area (Å²) in [5.41, 5.74) is 3.92. The quantitative estimate of drug-likeness (QED) is 0.882. The molecule has 1 N–H and O–H groups in total. The number of hydrogen-bond donors (Lipinski definition) is 1. The second-order valence-electron chi connectivity index (χ2n) is 3.86. The minimum absolute atomic E-state index is 0.256. The number of thiophene rings is 1. The maximum Gasteiger partial charge on any atom is 0.0616 e. The van der Waals surface area contributed by atoms with E-state index in [4.69, 9.17) is 0 Å². The number of hydrogen-bond acceptors (Lipinski definition) is 3. The van der Waals surface area contributed by atoms with Crippen molar-refractivity contribution in [3.8, 4) is 0 Å². The van der Waals surface area contributed by atoms with E-state index in [9.17, 15) is 0 Å². The normalized spacial score (nSPS) is 12.9. The Labute approximate surface area is 100 Å². The Morgan fingerprint density at radius 3 is 2.81 bits per heavy atom. The third-order valence-corrected chi connectivity index (χ3v) is 3.69. The van der Waals surface area contributed by atoms with Gasteiger partial charge in [-0.15, -0.1) is 0 Å². The van der Waals surface area contributed by atoms with E-state index in [1.54, 1.807) is 11.3 Å². The van der Waals surface area contributed by atoms with Gasteiger partial charge in [0.25, 0.3) is 0 Å². The summed E-state index contributed by atoms with van der Waals surface area (Å²) in [6.07, 6.45) is 4.06. The molecule has 0 amide bonds. The van der Waals surface area contributed by atoms with Crippen LogP contribution >= 0.6 is 11.3 Å². The van der Waals surface area contributed by atoms with Gasteiger partial charge in [0, 0.05) is 18.3 Å². The highest BCUT2D eigenvalue weighted by molar-refractivity contribution is 7.08. The van der Waals surface area contributed by atoms with Gasteiger partial charge in [-0.05, 0) is 42.8 Å². The Balaban J connectivity index is 2.32. The number of rotatable bonds is 4. The number of aromatic nitrogens is 2. The molecule has 2 aromatic rings. The summed E-state index contributed by atoms with van der Waals surface area (Å²) < 4.78 is 1.96. The van der Waals surface area contributed by atoms with Crippen LogP contribution in [-0.2, 0) is 6.54 Å². The summed E-state index contributed by atoms with van der Waals surface area (Å²) in [6.45, 7) is 5.17. The van der Waals surface area contributed by atoms with Crippen LogP contribution in [0.3, 0.4) is 0 Å². The van der Waals surface area contributed by atoms with Crippen LogP contribution in [0.25, 0.3) is 0 Å². The highest BCUT2D eigenvalue weighted by Crippen LogP contribution is 2.26. The summed E-state index contributed by atoms with van der Waals surface area (Å²) in [5.74, 6) is 0. The number of nitrogens with zero attached hydrogens (tertiary/aromatic N) is 2. The first kappa shape index (κ1) is 11.4. The molecule has 0 fully saturated rings. The summed E-state index contributed by atoms with van der Waals surface area (Å²) in [5, 5.41) is 12.1. The molecule has 0 saturated carbocycles. The van der Waals surface area contributed by atoms with E-state index < -0.39 is 0 Å². The molecule has 16 heavy (non-hydrogen) atoms. The van der Waals surface area contributed by atoms with Gasteiger partial charge < -0.3 is 5.32 Å². The van der Waals surface area contributed by atoms with Crippen molar-refractivity contribution in [3.05, 3.63) is 39.8 Å². The molecular weight excluding hydrogens is 218 g/mol. The molecule has 0 saturated heterocycles. The first-order valence-electron chi connectivity index (χ1n) is 5.48. The van der Waals surface area contributed by atoms with Crippen LogP contribution in [0.1, 0.15) is 29.7 Å². The van der Waals surface area contributed by atoms with Crippen molar-refractivity contribution >= 4 is 11.3 Å². The lowest BCUT2D eigenvalue weighted by Crippen LogP contribution is -2.17. The first-order chi connectivity index (χ1) is 7.76. The van der Waals surface area contributed by atoms with E-state index in [1.165, 1.54) is 16.7 Å². The fraction of sp³-hybridized carbons (Fsp3) is 0.417. The first-order valence-corrected chi connectivity index (χ1v) is 6.42. The predicted molar refractivity (Wildman–Crippen MR) is 67.9 cm³/mol. The predicted octanol–water partition coefficient (Wildman–Crippen LogP) is 2.58. The molecule has 2 heterocycles. The van der Waals surface area contributed by atoms with Gasteiger partial charge in [0.2, 0.25) is 0 Å². The molecule has 0 bridgehead atoms. The average molecular weight is 235 g/mol. The zero-order valence-electron chi connectivity index (χ0n) is 9.90. The van der Waals surface area contributed by atoms with Crippen LogP contribution < -0.4 is 5.32 Å². The second kappa shape index (κ2) is 4.80. The van der Waals surface area contributed by atoms with E-state index in [0.29, 0.717) is 0 Å². The monoisotopic (exact) mass is 235 g/mol. The van der Waals surface area contributed by atoms with Gasteiger partial charge in [0.15, 0.2) is 0 Å². The van der Waals surface area contributed by atoms with Crippen LogP contribution in [0.5, 0.6) is 0 Å². The van der Waals surface area contributed by atoms with Gasteiger partial charge in [0.05, 0.1) is 12.2 Å². The average Bonchev–Trinajstić information content (AvgIpc) is 2.90. The van der Waals surface area contributed by atoms with E-state index in [0.717, 1.165) is 6.54 Å². The van der Waals surface area contributed by atoms with Gasteiger partial charge >= 0.3 is 0 Å². The molecule has 0 aliphatic carbocycles. The van der Waals surface area contributed by atoms with E-state index in [-0.39, 0.29) is 6.04 Å². The Hall–Kier alpha value is -1.13. The number of aryl methyl sites for hydroxylation is 2. The van der Waals surface area contributed by atoms with Crippen molar-refractivity contribution < 1.29 is 0 Å². The van der Waals surface area contributed by atoms with E-state index in [2.05, 4.69) is 41.2 Å². The van der Waals surface area contributed by atoms with E-state index >= 15 is 0 Å². The SMILES string of the molecule is CCn1cc(C(NC)c2cscc2C)cn1. The molecule has 2 rings (SSSR count). The van der Waals surface area contributed by atoms with Gasteiger partial charge in [-0.1, -0.05) is 0 Å². The standard InChI is InChI=1S/C12H17N3S/c1-4-15-6-10(5-14-15)12(13-3)11-8-16-7-9(11)2/h5-8,12-13H,4H2,1-3H3. The van der Waals surface area contributed by atoms with Crippen molar-refractivity contribution in [3.63, 3.8) is 0 Å². The van der Waals surface area contributed by atoms with Gasteiger partial charge in [-0.2, -0.15) is 16.4 Å². The summed E-state index contributed by atoms with van der Waals surface area (Å²) >= 11 is 1.75. The third-order valence-electron chi connectivity index (χ3n) is 2.81. The van der Waals surface area contributed by atoms with Gasteiger partial charge in [0.1, 0.15) is 0 Å². The van der Waals surface area contributed by atoms with Crippen LogP contribution in [-0.4, -0.2) is 16.8 Å². The zero-order chi connectivity index (χ0) is 11.5. The molecule has 0 aliphatic heterocycles. The maximum absolute atomic E-state index is 4.32. The summed E-state index contributed by atoms with van der Waals surface area (Å²) in [4.78, 5) is 0. The molecule has 2 aromatic heterocycles. The molecule has 3 nitrogen and oxygen atoms in total. The minimum atomic E-state index is 0.256. The molecule has 1 atom stereocenters. The Kier molecular flexibility index (Phi) is 3.41. The smallest absolute Gasteiger partial charge is 0.0616 e. The summed E-state index contributed by atoms with van der Waals surface area (Å²) in [7, 11) is 1.99. The topological polar surface area (TPSA) is 29.9 Å². The lowest BCUT2D eigenvalue weighted by atomic mass is 10.0. The van der Waals surface area contributed by atoms with Crippen LogP contribution in [0.15, 0.2) is 23.2 Å². The highest BCUT2D eigenvalue weighted by atomic mass is 32.1. The minimum Gasteiger partial charge on any atom is -0.309 e. The molecule has 0 aromatic carbocycles. The van der Waals surface area contributed by atoms with E-state index in [1.807, 2.05) is 17.9 Å². The van der Waals surface area contributed by atoms with Crippen molar-refractivity contribution in [1.29, 1.82) is 0 Å². The number of nitrogens with one attached hydrogen (secondary N) is 1. The Morgan fingerprint density at radius 2 is 2.31 bits per heavy atom. The van der Waals surface area contributed by atoms with Gasteiger partial charge in [-0.25, -0.2) is 0 Å². The van der Waals surface area contributed by atoms with Crippen molar-refractivity contribution in [1.82, 2.24) is 15.1 Å². The highest BCUT2D eigenvalue weighted by Gasteiger charge is 2.16. The van der Waals surface area contributed by atoms with Crippen molar-refractivity contribution in [2.45, 2.75) is 26.4 Å². The summed E-state index contributed by atoms with van der Waals surface area (Å²) in [6, 6.07) is 0.256. The third kappa shape index (κ3) is 2.03. The van der Waals surface area contributed by atoms with Crippen LogP contribution in [0, 0.1) is 6.92 Å². The van der Waals surface area contributed by atoms with Crippen LogP contribution in [0.2, 0.25) is 0 Å². The van der Waals surface area contributed by atoms with Crippen molar-refractivity contribution in [2.75, 3.05) is 7.05 Å². The largest absolute Gasteiger partial charge is 0.309 e. The molecule has 0 radical (unpaired) electrons. The lowest BCUT2D eigenvalue weighted by molar-refractivity contribution is 0.653. The molecule has 4 heteroatoms. The molecule has 0 aliphatic rings. The molecule has 1 unspecified atom stereocenters. The second-order valence-corrected chi connectivity index (χ2v) is 4.60. The maximum atomic E-state index is 4.32. The van der Waals surface area contributed by atoms with Gasteiger partial charge in [-0.3, -0.25) is 4.68 Å².